The van der Waals surface area contributed by atoms with Gasteiger partial charge in [-0.25, -0.2) is 4.98 Å². The lowest BCUT2D eigenvalue weighted by atomic mass is 10.0. The lowest BCUT2D eigenvalue weighted by molar-refractivity contribution is 0.749. The Morgan fingerprint density at radius 1 is 1.10 bits per heavy atom. The van der Waals surface area contributed by atoms with Crippen molar-refractivity contribution in [2.24, 2.45) is 0 Å². The van der Waals surface area contributed by atoms with Gasteiger partial charge in [-0.05, 0) is 24.5 Å². The fourth-order valence-corrected chi connectivity index (χ4v) is 2.18. The van der Waals surface area contributed by atoms with Gasteiger partial charge in [-0.15, -0.1) is 0 Å². The third-order valence-corrected chi connectivity index (χ3v) is 3.27. The highest BCUT2D eigenvalue weighted by Gasteiger charge is 2.08. The number of aromatic nitrogens is 1. The first-order valence-electron chi connectivity index (χ1n) is 7.35. The SMILES string of the molecule is CCCNc1cc(NC(CC)c2ccccc2)ccn1. The summed E-state index contributed by atoms with van der Waals surface area (Å²) in [6.07, 6.45) is 3.99. The molecule has 106 valence electrons. The molecule has 2 N–H and O–H groups in total. The lowest BCUT2D eigenvalue weighted by Gasteiger charge is -2.19. The summed E-state index contributed by atoms with van der Waals surface area (Å²) in [6.45, 7) is 5.30. The molecule has 20 heavy (non-hydrogen) atoms. The van der Waals surface area contributed by atoms with Crippen LogP contribution in [0.2, 0.25) is 0 Å². The van der Waals surface area contributed by atoms with E-state index in [-0.39, 0.29) is 0 Å². The molecule has 0 saturated carbocycles. The minimum absolute atomic E-state index is 0.331. The van der Waals surface area contributed by atoms with Crippen molar-refractivity contribution in [1.82, 2.24) is 4.98 Å². The summed E-state index contributed by atoms with van der Waals surface area (Å²) < 4.78 is 0. The van der Waals surface area contributed by atoms with Gasteiger partial charge in [0.05, 0.1) is 6.04 Å². The predicted molar refractivity (Wildman–Crippen MR) is 86.1 cm³/mol. The van der Waals surface area contributed by atoms with Gasteiger partial charge in [0.2, 0.25) is 0 Å². The van der Waals surface area contributed by atoms with Crippen LogP contribution in [0, 0.1) is 0 Å². The largest absolute Gasteiger partial charge is 0.378 e. The second-order valence-electron chi connectivity index (χ2n) is 4.87. The summed E-state index contributed by atoms with van der Waals surface area (Å²) in [7, 11) is 0. The molecule has 0 spiro atoms. The topological polar surface area (TPSA) is 37.0 Å². The number of hydrogen-bond donors (Lipinski definition) is 2. The normalized spacial score (nSPS) is 11.9. The van der Waals surface area contributed by atoms with Gasteiger partial charge in [0.1, 0.15) is 5.82 Å². The van der Waals surface area contributed by atoms with Crippen LogP contribution in [0.3, 0.4) is 0 Å². The maximum absolute atomic E-state index is 4.33. The first-order valence-corrected chi connectivity index (χ1v) is 7.35. The molecule has 2 aromatic rings. The van der Waals surface area contributed by atoms with Crippen LogP contribution < -0.4 is 10.6 Å². The molecule has 1 aromatic carbocycles. The molecule has 3 nitrogen and oxygen atoms in total. The average Bonchev–Trinajstić information content (AvgIpc) is 2.52. The van der Waals surface area contributed by atoms with Crippen molar-refractivity contribution < 1.29 is 0 Å². The minimum Gasteiger partial charge on any atom is -0.378 e. The van der Waals surface area contributed by atoms with Crippen LogP contribution in [0.1, 0.15) is 38.3 Å². The van der Waals surface area contributed by atoms with Gasteiger partial charge in [-0.1, -0.05) is 44.2 Å². The fraction of sp³-hybridized carbons (Fsp3) is 0.353. The van der Waals surface area contributed by atoms with E-state index in [2.05, 4.69) is 65.9 Å². The van der Waals surface area contributed by atoms with Crippen molar-refractivity contribution in [3.63, 3.8) is 0 Å². The van der Waals surface area contributed by atoms with E-state index in [0.29, 0.717) is 6.04 Å². The Kier molecular flexibility index (Phi) is 5.42. The first-order chi connectivity index (χ1) is 9.83. The average molecular weight is 269 g/mol. The molecule has 1 atom stereocenters. The number of hydrogen-bond acceptors (Lipinski definition) is 3. The molecule has 0 bridgehead atoms. The second kappa shape index (κ2) is 7.53. The number of benzene rings is 1. The number of rotatable bonds is 7. The van der Waals surface area contributed by atoms with Crippen molar-refractivity contribution in [2.75, 3.05) is 17.2 Å². The number of nitrogens with zero attached hydrogens (tertiary/aromatic N) is 1. The van der Waals surface area contributed by atoms with Crippen molar-refractivity contribution in [3.8, 4) is 0 Å². The Labute approximate surface area is 121 Å². The van der Waals surface area contributed by atoms with Crippen LogP contribution in [-0.4, -0.2) is 11.5 Å². The van der Waals surface area contributed by atoms with E-state index < -0.39 is 0 Å². The van der Waals surface area contributed by atoms with E-state index in [9.17, 15) is 0 Å². The number of anilines is 2. The molecular weight excluding hydrogens is 246 g/mol. The Balaban J connectivity index is 2.07. The number of pyridine rings is 1. The Bertz CT molecular complexity index is 511. The maximum Gasteiger partial charge on any atom is 0.127 e. The van der Waals surface area contributed by atoms with Crippen LogP contribution in [-0.2, 0) is 0 Å². The van der Waals surface area contributed by atoms with Crippen molar-refractivity contribution in [1.29, 1.82) is 0 Å². The van der Waals surface area contributed by atoms with Gasteiger partial charge in [-0.3, -0.25) is 0 Å². The summed E-state index contributed by atoms with van der Waals surface area (Å²) >= 11 is 0. The molecule has 0 saturated heterocycles. The summed E-state index contributed by atoms with van der Waals surface area (Å²) in [5, 5.41) is 6.90. The van der Waals surface area contributed by atoms with E-state index in [1.165, 1.54) is 5.56 Å². The lowest BCUT2D eigenvalue weighted by Crippen LogP contribution is -2.10. The Morgan fingerprint density at radius 3 is 2.60 bits per heavy atom. The highest BCUT2D eigenvalue weighted by molar-refractivity contribution is 5.53. The van der Waals surface area contributed by atoms with Gasteiger partial charge in [0.25, 0.3) is 0 Å². The van der Waals surface area contributed by atoms with Gasteiger partial charge < -0.3 is 10.6 Å². The van der Waals surface area contributed by atoms with Crippen LogP contribution in [0.25, 0.3) is 0 Å². The highest BCUT2D eigenvalue weighted by Crippen LogP contribution is 2.23. The zero-order valence-electron chi connectivity index (χ0n) is 12.3. The van der Waals surface area contributed by atoms with E-state index in [4.69, 9.17) is 0 Å². The molecule has 0 aliphatic heterocycles. The van der Waals surface area contributed by atoms with Gasteiger partial charge in [-0.2, -0.15) is 0 Å². The summed E-state index contributed by atoms with van der Waals surface area (Å²) in [5.74, 6) is 0.930. The monoisotopic (exact) mass is 269 g/mol. The molecule has 0 amide bonds. The maximum atomic E-state index is 4.33. The van der Waals surface area contributed by atoms with Crippen LogP contribution in [0.15, 0.2) is 48.7 Å². The van der Waals surface area contributed by atoms with Crippen molar-refractivity contribution in [2.45, 2.75) is 32.7 Å². The van der Waals surface area contributed by atoms with Gasteiger partial charge in [0, 0.05) is 24.5 Å². The molecule has 1 unspecified atom stereocenters. The molecule has 1 heterocycles. The summed E-state index contributed by atoms with van der Waals surface area (Å²) in [6, 6.07) is 15.0. The zero-order valence-corrected chi connectivity index (χ0v) is 12.3. The quantitative estimate of drug-likeness (QED) is 0.779. The number of nitrogens with one attached hydrogen (secondary N) is 2. The minimum atomic E-state index is 0.331. The van der Waals surface area contributed by atoms with E-state index >= 15 is 0 Å². The molecule has 0 radical (unpaired) electrons. The first kappa shape index (κ1) is 14.4. The smallest absolute Gasteiger partial charge is 0.127 e. The second-order valence-corrected chi connectivity index (χ2v) is 4.87. The Hall–Kier alpha value is -2.03. The fourth-order valence-electron chi connectivity index (χ4n) is 2.18. The Morgan fingerprint density at radius 2 is 1.90 bits per heavy atom. The molecule has 0 aliphatic carbocycles. The van der Waals surface area contributed by atoms with E-state index in [1.54, 1.807) is 0 Å². The van der Waals surface area contributed by atoms with E-state index in [0.717, 1.165) is 30.9 Å². The third-order valence-electron chi connectivity index (χ3n) is 3.27. The summed E-state index contributed by atoms with van der Waals surface area (Å²) in [5.41, 5.74) is 2.42. The highest BCUT2D eigenvalue weighted by atomic mass is 15.0. The van der Waals surface area contributed by atoms with E-state index in [1.807, 2.05) is 12.3 Å². The van der Waals surface area contributed by atoms with Gasteiger partial charge >= 0.3 is 0 Å². The van der Waals surface area contributed by atoms with Crippen LogP contribution >= 0.6 is 0 Å². The molecular formula is C17H23N3. The standard InChI is InChI=1S/C17H23N3/c1-3-11-18-17-13-15(10-12-19-17)20-16(4-2)14-8-6-5-7-9-14/h5-10,12-13,16H,3-4,11H2,1-2H3,(H2,18,19,20). The molecule has 3 heteroatoms. The van der Waals surface area contributed by atoms with Crippen LogP contribution in [0.4, 0.5) is 11.5 Å². The molecule has 2 rings (SSSR count). The predicted octanol–water partition coefficient (Wildman–Crippen LogP) is 4.47. The molecule has 0 aliphatic rings. The van der Waals surface area contributed by atoms with Gasteiger partial charge in [0.15, 0.2) is 0 Å². The van der Waals surface area contributed by atoms with Crippen molar-refractivity contribution in [3.05, 3.63) is 54.2 Å². The summed E-state index contributed by atoms with van der Waals surface area (Å²) in [4.78, 5) is 4.33. The zero-order chi connectivity index (χ0) is 14.2. The molecule has 1 aromatic heterocycles. The van der Waals surface area contributed by atoms with Crippen molar-refractivity contribution >= 4 is 11.5 Å². The molecule has 0 fully saturated rings. The third kappa shape index (κ3) is 3.98. The van der Waals surface area contributed by atoms with Crippen LogP contribution in [0.5, 0.6) is 0 Å².